The Hall–Kier alpha value is -3.22. The van der Waals surface area contributed by atoms with Gasteiger partial charge in [0.25, 0.3) is 5.69 Å². The van der Waals surface area contributed by atoms with Crippen molar-refractivity contribution in [3.63, 3.8) is 0 Å². The zero-order chi connectivity index (χ0) is 20.0. The summed E-state index contributed by atoms with van der Waals surface area (Å²) in [7, 11) is -4.20. The van der Waals surface area contributed by atoms with Crippen LogP contribution in [0.1, 0.15) is 5.56 Å². The van der Waals surface area contributed by atoms with Gasteiger partial charge in [-0.3, -0.25) is 14.9 Å². The molecule has 2 rings (SSSR count). The second-order valence-corrected chi connectivity index (χ2v) is 7.50. The SMILES string of the molecule is C#CCN([C@@H](Cc1ccccc1)C(N)=O)S(=O)(=O)c1ccc([N+](=O)[O-])cc1. The van der Waals surface area contributed by atoms with Gasteiger partial charge in [-0.1, -0.05) is 36.3 Å². The Kier molecular flexibility index (Phi) is 6.28. The second kappa shape index (κ2) is 8.44. The number of nitrogens with zero attached hydrogens (tertiary/aromatic N) is 2. The molecule has 1 amide bonds. The predicted octanol–water partition coefficient (Wildman–Crippen LogP) is 1.32. The van der Waals surface area contributed by atoms with Crippen molar-refractivity contribution in [2.24, 2.45) is 5.73 Å². The molecule has 0 radical (unpaired) electrons. The van der Waals surface area contributed by atoms with E-state index in [1.807, 2.05) is 0 Å². The van der Waals surface area contributed by atoms with Crippen LogP contribution in [0.4, 0.5) is 5.69 Å². The van der Waals surface area contributed by atoms with Gasteiger partial charge in [-0.05, 0) is 24.1 Å². The molecule has 2 aromatic carbocycles. The number of non-ortho nitro benzene ring substituents is 1. The van der Waals surface area contributed by atoms with Crippen molar-refractivity contribution in [2.75, 3.05) is 6.54 Å². The van der Waals surface area contributed by atoms with Crippen molar-refractivity contribution in [2.45, 2.75) is 17.4 Å². The van der Waals surface area contributed by atoms with Gasteiger partial charge < -0.3 is 5.73 Å². The lowest BCUT2D eigenvalue weighted by Crippen LogP contribution is -2.49. The van der Waals surface area contributed by atoms with Crippen LogP contribution in [-0.2, 0) is 21.2 Å². The van der Waals surface area contributed by atoms with Gasteiger partial charge in [0, 0.05) is 12.1 Å². The molecular weight excluding hydrogens is 370 g/mol. The van der Waals surface area contributed by atoms with Gasteiger partial charge in [-0.2, -0.15) is 4.31 Å². The van der Waals surface area contributed by atoms with Crippen molar-refractivity contribution in [1.82, 2.24) is 4.31 Å². The van der Waals surface area contributed by atoms with E-state index in [0.717, 1.165) is 28.6 Å². The summed E-state index contributed by atoms with van der Waals surface area (Å²) in [6.45, 7) is -0.375. The molecule has 0 fully saturated rings. The molecular formula is C18H17N3O5S. The molecule has 1 atom stereocenters. The normalized spacial score (nSPS) is 12.3. The molecule has 0 heterocycles. The molecule has 2 aromatic rings. The fourth-order valence-electron chi connectivity index (χ4n) is 2.51. The van der Waals surface area contributed by atoms with Crippen molar-refractivity contribution in [1.29, 1.82) is 0 Å². The van der Waals surface area contributed by atoms with Gasteiger partial charge >= 0.3 is 0 Å². The maximum Gasteiger partial charge on any atom is 0.269 e. The molecule has 27 heavy (non-hydrogen) atoms. The summed E-state index contributed by atoms with van der Waals surface area (Å²) in [4.78, 5) is 21.9. The molecule has 0 bridgehead atoms. The lowest BCUT2D eigenvalue weighted by molar-refractivity contribution is -0.384. The number of terminal acetylenes is 1. The van der Waals surface area contributed by atoms with Crippen molar-refractivity contribution < 1.29 is 18.1 Å². The number of carbonyl (C=O) groups is 1. The highest BCUT2D eigenvalue weighted by atomic mass is 32.2. The molecule has 0 spiro atoms. The monoisotopic (exact) mass is 387 g/mol. The third kappa shape index (κ3) is 4.69. The van der Waals surface area contributed by atoms with Crippen LogP contribution in [0.15, 0.2) is 59.5 Å². The topological polar surface area (TPSA) is 124 Å². The van der Waals surface area contributed by atoms with Crippen LogP contribution in [0.25, 0.3) is 0 Å². The van der Waals surface area contributed by atoms with E-state index in [1.165, 1.54) is 0 Å². The minimum absolute atomic E-state index is 0.0457. The Labute approximate surface area is 156 Å². The standard InChI is InChI=1S/C18H17N3O5S/c1-2-12-20(17(18(19)22)13-14-6-4-3-5-7-14)27(25,26)16-10-8-15(9-11-16)21(23)24/h1,3-11,17H,12-13H2,(H2,19,22)/t17-/m0/s1. The first-order valence-corrected chi connectivity index (χ1v) is 9.24. The van der Waals surface area contributed by atoms with Crippen molar-refractivity contribution in [3.05, 3.63) is 70.3 Å². The average molecular weight is 387 g/mol. The third-order valence-corrected chi connectivity index (χ3v) is 5.72. The van der Waals surface area contributed by atoms with E-state index in [-0.39, 0.29) is 23.5 Å². The Balaban J connectivity index is 2.44. The van der Waals surface area contributed by atoms with Crippen LogP contribution in [0.2, 0.25) is 0 Å². The molecule has 9 heteroatoms. The first kappa shape index (κ1) is 20.1. The predicted molar refractivity (Wildman–Crippen MR) is 98.9 cm³/mol. The van der Waals surface area contributed by atoms with E-state index in [4.69, 9.17) is 12.2 Å². The quantitative estimate of drug-likeness (QED) is 0.416. The number of nitro benzene ring substituents is 1. The zero-order valence-corrected chi connectivity index (χ0v) is 15.0. The molecule has 8 nitrogen and oxygen atoms in total. The summed E-state index contributed by atoms with van der Waals surface area (Å²) in [5, 5.41) is 10.8. The Morgan fingerprint density at radius 2 is 1.78 bits per heavy atom. The highest BCUT2D eigenvalue weighted by Gasteiger charge is 2.34. The summed E-state index contributed by atoms with van der Waals surface area (Å²) in [6, 6.07) is 11.9. The van der Waals surface area contributed by atoms with Crippen LogP contribution < -0.4 is 5.73 Å². The number of nitro groups is 1. The zero-order valence-electron chi connectivity index (χ0n) is 14.2. The summed E-state index contributed by atoms with van der Waals surface area (Å²) < 4.78 is 26.8. The molecule has 0 aliphatic rings. The summed E-state index contributed by atoms with van der Waals surface area (Å²) in [5.41, 5.74) is 5.91. The number of hydrogen-bond acceptors (Lipinski definition) is 5. The van der Waals surface area contributed by atoms with Gasteiger partial charge in [-0.25, -0.2) is 8.42 Å². The van der Waals surface area contributed by atoms with Crippen LogP contribution in [0.3, 0.4) is 0 Å². The van der Waals surface area contributed by atoms with Crippen LogP contribution in [-0.4, -0.2) is 36.1 Å². The average Bonchev–Trinajstić information content (AvgIpc) is 2.65. The molecule has 0 saturated carbocycles. The van der Waals surface area contributed by atoms with Crippen molar-refractivity contribution >= 4 is 21.6 Å². The maximum absolute atomic E-state index is 13.0. The van der Waals surface area contributed by atoms with Gasteiger partial charge in [0.2, 0.25) is 15.9 Å². The van der Waals surface area contributed by atoms with Gasteiger partial charge in [-0.15, -0.1) is 6.42 Å². The number of sulfonamides is 1. The summed E-state index contributed by atoms with van der Waals surface area (Å²) >= 11 is 0. The number of hydrogen-bond donors (Lipinski definition) is 1. The van der Waals surface area contributed by atoms with Crippen LogP contribution in [0.5, 0.6) is 0 Å². The highest BCUT2D eigenvalue weighted by molar-refractivity contribution is 7.89. The number of amides is 1. The smallest absolute Gasteiger partial charge is 0.269 e. The Bertz CT molecular complexity index is 966. The van der Waals surface area contributed by atoms with E-state index >= 15 is 0 Å². The number of primary amides is 1. The maximum atomic E-state index is 13.0. The van der Waals surface area contributed by atoms with Gasteiger partial charge in [0.15, 0.2) is 0 Å². The van der Waals surface area contributed by atoms with Gasteiger partial charge in [0.05, 0.1) is 16.4 Å². The highest BCUT2D eigenvalue weighted by Crippen LogP contribution is 2.22. The van der Waals surface area contributed by atoms with Gasteiger partial charge in [0.1, 0.15) is 6.04 Å². The fourth-order valence-corrected chi connectivity index (χ4v) is 4.02. The molecule has 0 unspecified atom stereocenters. The van der Waals surface area contributed by atoms with E-state index in [0.29, 0.717) is 5.56 Å². The van der Waals surface area contributed by atoms with E-state index in [1.54, 1.807) is 30.3 Å². The van der Waals surface area contributed by atoms with E-state index in [2.05, 4.69) is 5.92 Å². The number of rotatable bonds is 8. The number of benzene rings is 2. The minimum atomic E-state index is -4.20. The molecule has 0 aromatic heterocycles. The van der Waals surface area contributed by atoms with Crippen molar-refractivity contribution in [3.8, 4) is 12.3 Å². The first-order chi connectivity index (χ1) is 12.8. The van der Waals surface area contributed by atoms with Crippen LogP contribution in [0, 0.1) is 22.5 Å². The lowest BCUT2D eigenvalue weighted by Gasteiger charge is -2.27. The fraction of sp³-hybridized carbons (Fsp3) is 0.167. The van der Waals surface area contributed by atoms with E-state index in [9.17, 15) is 23.3 Å². The largest absolute Gasteiger partial charge is 0.368 e. The molecule has 0 aliphatic heterocycles. The summed E-state index contributed by atoms with van der Waals surface area (Å²) in [6.07, 6.45) is 5.35. The number of carbonyl (C=O) groups excluding carboxylic acids is 1. The summed E-state index contributed by atoms with van der Waals surface area (Å²) in [5.74, 6) is 1.38. The Morgan fingerprint density at radius 1 is 1.19 bits per heavy atom. The lowest BCUT2D eigenvalue weighted by atomic mass is 10.1. The minimum Gasteiger partial charge on any atom is -0.368 e. The molecule has 140 valence electrons. The third-order valence-electron chi connectivity index (χ3n) is 3.85. The molecule has 0 saturated heterocycles. The molecule has 0 aliphatic carbocycles. The molecule has 2 N–H and O–H groups in total. The first-order valence-electron chi connectivity index (χ1n) is 7.80. The second-order valence-electron chi connectivity index (χ2n) is 5.61. The number of nitrogens with two attached hydrogens (primary N) is 1. The van der Waals surface area contributed by atoms with E-state index < -0.39 is 26.9 Å². The Morgan fingerprint density at radius 3 is 2.26 bits per heavy atom. The van der Waals surface area contributed by atoms with Crippen LogP contribution >= 0.6 is 0 Å².